The summed E-state index contributed by atoms with van der Waals surface area (Å²) in [7, 11) is 0. The summed E-state index contributed by atoms with van der Waals surface area (Å²) >= 11 is 0. The zero-order chi connectivity index (χ0) is 48.3. The lowest BCUT2D eigenvalue weighted by molar-refractivity contribution is -0.385. The van der Waals surface area contributed by atoms with Crippen LogP contribution in [0.25, 0.3) is 0 Å². The molecule has 0 aromatic rings. The lowest BCUT2D eigenvalue weighted by atomic mass is 9.94. The van der Waals surface area contributed by atoms with Crippen molar-refractivity contribution in [1.29, 1.82) is 0 Å². The van der Waals surface area contributed by atoms with E-state index in [9.17, 15) is 70.2 Å². The molecule has 0 aliphatic carbocycles. The zero-order valence-corrected chi connectivity index (χ0v) is 36.1. The molecule has 5 rings (SSSR count). The number of rotatable bonds is 14. The summed E-state index contributed by atoms with van der Waals surface area (Å²) in [5, 5.41) is 115. The third-order valence-corrected chi connectivity index (χ3v) is 11.7. The van der Waals surface area contributed by atoms with Crippen LogP contribution in [0.2, 0.25) is 0 Å². The molecule has 3 amide bonds. The predicted molar refractivity (Wildman–Crippen MR) is 205 cm³/mol. The van der Waals surface area contributed by atoms with Crippen LogP contribution in [0.1, 0.15) is 48.0 Å². The highest BCUT2D eigenvalue weighted by Gasteiger charge is 2.58. The summed E-state index contributed by atoms with van der Waals surface area (Å²) in [6.07, 6.45) is -38.4. The molecule has 65 heavy (non-hydrogen) atoms. The lowest BCUT2D eigenvalue weighted by Gasteiger charge is -2.51. The summed E-state index contributed by atoms with van der Waals surface area (Å²) in [5.74, 6) is 1.60. The van der Waals surface area contributed by atoms with E-state index in [0.717, 1.165) is 13.8 Å². The van der Waals surface area contributed by atoms with E-state index in [1.165, 1.54) is 27.7 Å². The van der Waals surface area contributed by atoms with Crippen molar-refractivity contribution in [3.8, 4) is 0 Å². The Hall–Kier alpha value is -2.92. The Morgan fingerprint density at radius 2 is 1.08 bits per heavy atom. The second-order valence-electron chi connectivity index (χ2n) is 16.7. The first-order valence-corrected chi connectivity index (χ1v) is 20.8. The number of hydrogen-bond acceptors (Lipinski definition) is 24. The Labute approximate surface area is 371 Å². The van der Waals surface area contributed by atoms with Gasteiger partial charge in [0, 0.05) is 27.2 Å². The number of aliphatic hydroxyl groups excluding tert-OH is 9. The molecule has 0 aromatic heterocycles. The minimum Gasteiger partial charge on any atom is -0.479 e. The maximum absolute atomic E-state index is 13.1. The fourth-order valence-corrected chi connectivity index (χ4v) is 8.34. The van der Waals surface area contributed by atoms with Crippen LogP contribution in [0.3, 0.4) is 0 Å². The van der Waals surface area contributed by atoms with Gasteiger partial charge >= 0.3 is 5.97 Å². The van der Waals surface area contributed by atoms with Gasteiger partial charge in [-0.1, -0.05) is 0 Å². The molecule has 0 radical (unpaired) electrons. The van der Waals surface area contributed by atoms with Gasteiger partial charge in [-0.2, -0.15) is 0 Å². The van der Waals surface area contributed by atoms with Crippen molar-refractivity contribution in [2.45, 2.75) is 201 Å². The van der Waals surface area contributed by atoms with Gasteiger partial charge in [0.15, 0.2) is 37.6 Å². The Bertz CT molecular complexity index is 1620. The van der Waals surface area contributed by atoms with Crippen molar-refractivity contribution in [3.63, 3.8) is 0 Å². The molecule has 0 spiro atoms. The number of aliphatic hydroxyl groups is 9. The van der Waals surface area contributed by atoms with E-state index < -0.39 is 184 Å². The molecule has 374 valence electrons. The van der Waals surface area contributed by atoms with E-state index in [0.29, 0.717) is 0 Å². The van der Waals surface area contributed by atoms with Crippen LogP contribution in [0.5, 0.6) is 0 Å². The zero-order valence-electron chi connectivity index (χ0n) is 36.1. The summed E-state index contributed by atoms with van der Waals surface area (Å²) < 4.78 is 54.0. The highest BCUT2D eigenvalue weighted by atomic mass is 16.8. The van der Waals surface area contributed by atoms with Crippen LogP contribution in [0.4, 0.5) is 0 Å². The number of carboxylic acid groups (broad SMARTS) is 1. The summed E-state index contributed by atoms with van der Waals surface area (Å²) in [6, 6.07) is -4.27. The SMILES string of the molecule is CC(=O)NC1CC(O[C@@H]2OC(C)[C@@H](O[C@@H]3OC(CO)[C@@H](O)C(O)C3O)C(O[C@@H]3OC(C(=O)O)[C@@H](O)C(O)C3O[C@@H]3OC(C)[C@@H](O)C(O)C3NC(C)=O)C2NC(C)=O)[C@H](O)C(C)O[C@H]1ON. The first-order valence-electron chi connectivity index (χ1n) is 20.8. The molecule has 28 nitrogen and oxygen atoms in total. The largest absolute Gasteiger partial charge is 0.479 e. The molecule has 5 saturated heterocycles. The molecule has 15 N–H and O–H groups in total. The molecule has 15 unspecified atom stereocenters. The molecule has 0 saturated carbocycles. The number of carbonyl (C=O) groups excluding carboxylic acids is 3. The van der Waals surface area contributed by atoms with Gasteiger partial charge in [0.05, 0.1) is 37.1 Å². The first-order chi connectivity index (χ1) is 30.5. The van der Waals surface area contributed by atoms with Gasteiger partial charge in [-0.3, -0.25) is 19.2 Å². The number of ether oxygens (including phenoxy) is 9. The van der Waals surface area contributed by atoms with E-state index in [2.05, 4.69) is 16.0 Å². The minimum absolute atomic E-state index is 0.258. The van der Waals surface area contributed by atoms with Gasteiger partial charge in [-0.25, -0.2) is 10.7 Å². The number of nitrogens with one attached hydrogen (secondary N) is 3. The average molecular weight is 947 g/mol. The average Bonchev–Trinajstić information content (AvgIpc) is 3.34. The quantitative estimate of drug-likeness (QED) is 0.0719. The summed E-state index contributed by atoms with van der Waals surface area (Å²) in [5.41, 5.74) is 0. The maximum atomic E-state index is 13.1. The van der Waals surface area contributed by atoms with Gasteiger partial charge in [0.25, 0.3) is 0 Å². The molecule has 5 aliphatic heterocycles. The summed E-state index contributed by atoms with van der Waals surface area (Å²) in [6.45, 7) is 6.63. The van der Waals surface area contributed by atoms with Crippen molar-refractivity contribution in [2.24, 2.45) is 5.90 Å². The summed E-state index contributed by atoms with van der Waals surface area (Å²) in [4.78, 5) is 54.8. The van der Waals surface area contributed by atoms with Crippen molar-refractivity contribution in [2.75, 3.05) is 6.61 Å². The maximum Gasteiger partial charge on any atom is 0.335 e. The van der Waals surface area contributed by atoms with E-state index >= 15 is 0 Å². The first kappa shape index (κ1) is 53.0. The Kier molecular flexibility index (Phi) is 18.3. The smallest absolute Gasteiger partial charge is 0.335 e. The van der Waals surface area contributed by atoms with E-state index in [4.69, 9.17) is 53.4 Å². The van der Waals surface area contributed by atoms with Crippen molar-refractivity contribution in [1.82, 2.24) is 16.0 Å². The molecule has 0 aromatic carbocycles. The van der Waals surface area contributed by atoms with E-state index in [1.807, 2.05) is 0 Å². The van der Waals surface area contributed by atoms with Crippen molar-refractivity contribution >= 4 is 23.7 Å². The van der Waals surface area contributed by atoms with Gasteiger partial charge in [-0.05, 0) is 20.8 Å². The van der Waals surface area contributed by atoms with Gasteiger partial charge in [0.1, 0.15) is 85.3 Å². The number of aliphatic carboxylic acids is 1. The molecule has 25 atom stereocenters. The molecule has 5 heterocycles. The van der Waals surface area contributed by atoms with Crippen LogP contribution in [0, 0.1) is 0 Å². The third kappa shape index (κ3) is 12.0. The van der Waals surface area contributed by atoms with Gasteiger partial charge in [-0.15, -0.1) is 0 Å². The predicted octanol–water partition coefficient (Wildman–Crippen LogP) is -8.03. The normalized spacial score (nSPS) is 47.2. The Morgan fingerprint density at radius 1 is 0.538 bits per heavy atom. The van der Waals surface area contributed by atoms with Gasteiger partial charge in [0.2, 0.25) is 17.7 Å². The Balaban J connectivity index is 1.60. The van der Waals surface area contributed by atoms with Crippen molar-refractivity contribution in [3.05, 3.63) is 0 Å². The molecule has 28 heteroatoms. The van der Waals surface area contributed by atoms with Gasteiger partial charge < -0.3 is 110 Å². The monoisotopic (exact) mass is 946 g/mol. The molecular weight excluding hydrogens is 884 g/mol. The number of carboxylic acids is 1. The highest BCUT2D eigenvalue weighted by molar-refractivity contribution is 5.74. The van der Waals surface area contributed by atoms with Crippen LogP contribution in [0.15, 0.2) is 0 Å². The van der Waals surface area contributed by atoms with Crippen molar-refractivity contribution < 1.29 is 118 Å². The molecule has 0 bridgehead atoms. The number of nitrogens with two attached hydrogens (primary N) is 1. The number of amides is 3. The minimum atomic E-state index is -2.25. The standard InChI is InChI=1S/C37H62N4O24/c1-9-20(46)16(7-15(39-12(4)43)33(56-9)65-38)59-35-19(41-14(6)45)29(28(11(3)58-35)61-36-27(53)24(50)22(48)17(8-42)60-36)62-37-31(26(52)25(51)30(63-37)32(54)55)64-34-18(40-13(5)44)23(49)21(47)10(2)57-34/h9-11,15-31,33-37,42,46-53H,7-8,38H2,1-6H3,(H,39,43)(H,40,44)(H,41,45)(H,54,55)/t9?,10?,11?,15?,16?,17?,18?,19?,20-,21-,22-,23?,24?,25+,26?,27?,28-,29?,30?,31?,33+,34+,35+,36+,37-/m1/s1. The fraction of sp³-hybridized carbons (Fsp3) is 0.892. The number of carbonyl (C=O) groups is 4. The highest BCUT2D eigenvalue weighted by Crippen LogP contribution is 2.37. The third-order valence-electron chi connectivity index (χ3n) is 11.7. The molecule has 5 fully saturated rings. The second kappa shape index (κ2) is 22.5. The van der Waals surface area contributed by atoms with Crippen LogP contribution in [-0.2, 0) is 66.6 Å². The van der Waals surface area contributed by atoms with Crippen LogP contribution < -0.4 is 21.8 Å². The fourth-order valence-electron chi connectivity index (χ4n) is 8.34. The van der Waals surface area contributed by atoms with E-state index in [1.54, 1.807) is 0 Å². The molecule has 5 aliphatic rings. The molecular formula is C37H62N4O24. The van der Waals surface area contributed by atoms with E-state index in [-0.39, 0.29) is 6.42 Å². The number of hydrogen-bond donors (Lipinski definition) is 14. The van der Waals surface area contributed by atoms with Crippen LogP contribution in [-0.4, -0.2) is 235 Å². The second-order valence-corrected chi connectivity index (χ2v) is 16.7. The van der Waals surface area contributed by atoms with Crippen LogP contribution >= 0.6 is 0 Å². The topological polar surface area (TPSA) is 425 Å². The Morgan fingerprint density at radius 3 is 1.66 bits per heavy atom. The lowest BCUT2D eigenvalue weighted by Crippen LogP contribution is -2.70.